The highest BCUT2D eigenvalue weighted by Crippen LogP contribution is 2.23. The normalized spacial score (nSPS) is 12.0. The van der Waals surface area contributed by atoms with Gasteiger partial charge in [-0.05, 0) is 41.1 Å². The summed E-state index contributed by atoms with van der Waals surface area (Å²) >= 11 is 1.47. The Hall–Kier alpha value is -2.96. The van der Waals surface area contributed by atoms with Gasteiger partial charge in [0.2, 0.25) is 0 Å². The predicted octanol–water partition coefficient (Wildman–Crippen LogP) is 4.25. The first-order valence-electron chi connectivity index (χ1n) is 8.94. The molecule has 0 aliphatic heterocycles. The third-order valence-corrected chi connectivity index (χ3v) is 5.64. The maximum atomic E-state index is 12.9. The van der Waals surface area contributed by atoms with Crippen LogP contribution in [0.1, 0.15) is 10.4 Å². The van der Waals surface area contributed by atoms with E-state index in [2.05, 4.69) is 4.99 Å². The van der Waals surface area contributed by atoms with Crippen molar-refractivity contribution < 1.29 is 14.3 Å². The van der Waals surface area contributed by atoms with E-state index in [-0.39, 0.29) is 5.91 Å². The molecule has 28 heavy (non-hydrogen) atoms. The highest BCUT2D eigenvalue weighted by molar-refractivity contribution is 7.16. The molecule has 0 atom stereocenters. The number of aromatic nitrogens is 1. The highest BCUT2D eigenvalue weighted by atomic mass is 32.1. The quantitative estimate of drug-likeness (QED) is 0.510. The molecule has 0 radical (unpaired) electrons. The van der Waals surface area contributed by atoms with Gasteiger partial charge in [0.1, 0.15) is 5.75 Å². The van der Waals surface area contributed by atoms with E-state index in [0.29, 0.717) is 23.5 Å². The zero-order valence-electron chi connectivity index (χ0n) is 15.7. The van der Waals surface area contributed by atoms with E-state index in [9.17, 15) is 4.79 Å². The Labute approximate surface area is 166 Å². The zero-order chi connectivity index (χ0) is 19.5. The van der Waals surface area contributed by atoms with Crippen LogP contribution in [0.5, 0.6) is 5.75 Å². The van der Waals surface area contributed by atoms with Crippen molar-refractivity contribution in [3.05, 3.63) is 71.0 Å². The van der Waals surface area contributed by atoms with Gasteiger partial charge in [0.15, 0.2) is 4.80 Å². The summed E-state index contributed by atoms with van der Waals surface area (Å²) in [5.74, 6) is 0.524. The van der Waals surface area contributed by atoms with Crippen LogP contribution in [0, 0.1) is 0 Å². The first-order valence-corrected chi connectivity index (χ1v) is 9.75. The number of carbonyl (C=O) groups excluding carboxylic acids is 1. The predicted molar refractivity (Wildman–Crippen MR) is 112 cm³/mol. The second-order valence-corrected chi connectivity index (χ2v) is 7.35. The van der Waals surface area contributed by atoms with Crippen LogP contribution in [0.25, 0.3) is 21.0 Å². The molecule has 5 nitrogen and oxygen atoms in total. The first-order chi connectivity index (χ1) is 13.7. The molecule has 0 aliphatic carbocycles. The van der Waals surface area contributed by atoms with E-state index in [0.717, 1.165) is 26.7 Å². The molecule has 142 valence electrons. The molecule has 1 heterocycles. The molecule has 0 N–H and O–H groups in total. The van der Waals surface area contributed by atoms with Gasteiger partial charge < -0.3 is 14.0 Å². The molecule has 0 bridgehead atoms. The molecular weight excluding hydrogens is 372 g/mol. The number of ether oxygens (including phenoxy) is 2. The fraction of sp³-hybridized carbons (Fsp3) is 0.182. The molecule has 0 spiro atoms. The lowest BCUT2D eigenvalue weighted by Gasteiger charge is -2.05. The highest BCUT2D eigenvalue weighted by Gasteiger charge is 2.11. The van der Waals surface area contributed by atoms with Crippen LogP contribution < -0.4 is 9.54 Å². The number of carbonyl (C=O) groups is 1. The van der Waals surface area contributed by atoms with Crippen LogP contribution in [-0.4, -0.2) is 31.3 Å². The van der Waals surface area contributed by atoms with Gasteiger partial charge in [-0.15, -0.1) is 0 Å². The summed E-state index contributed by atoms with van der Waals surface area (Å²) in [6, 6.07) is 19.5. The maximum Gasteiger partial charge on any atom is 0.279 e. The van der Waals surface area contributed by atoms with Crippen molar-refractivity contribution in [1.29, 1.82) is 0 Å². The van der Waals surface area contributed by atoms with Crippen molar-refractivity contribution in [2.24, 2.45) is 4.99 Å². The smallest absolute Gasteiger partial charge is 0.279 e. The van der Waals surface area contributed by atoms with Crippen molar-refractivity contribution in [3.63, 3.8) is 0 Å². The van der Waals surface area contributed by atoms with Crippen molar-refractivity contribution in [2.45, 2.75) is 6.54 Å². The summed E-state index contributed by atoms with van der Waals surface area (Å²) in [5.41, 5.74) is 1.58. The molecule has 1 amide bonds. The Bertz CT molecular complexity index is 1220. The van der Waals surface area contributed by atoms with Gasteiger partial charge in [-0.1, -0.05) is 41.7 Å². The van der Waals surface area contributed by atoms with Crippen molar-refractivity contribution >= 4 is 38.2 Å². The molecule has 4 aromatic rings. The van der Waals surface area contributed by atoms with E-state index in [1.807, 2.05) is 65.2 Å². The Morgan fingerprint density at radius 1 is 1.04 bits per heavy atom. The fourth-order valence-corrected chi connectivity index (χ4v) is 4.22. The van der Waals surface area contributed by atoms with Crippen molar-refractivity contribution in [3.8, 4) is 5.75 Å². The number of amides is 1. The minimum atomic E-state index is -0.254. The molecule has 0 saturated carbocycles. The van der Waals surface area contributed by atoms with Crippen LogP contribution >= 0.6 is 11.3 Å². The summed E-state index contributed by atoms with van der Waals surface area (Å²) in [7, 11) is 3.30. The average molecular weight is 392 g/mol. The molecule has 3 aromatic carbocycles. The number of thiazole rings is 1. The summed E-state index contributed by atoms with van der Waals surface area (Å²) in [6.45, 7) is 1.15. The van der Waals surface area contributed by atoms with Gasteiger partial charge in [-0.3, -0.25) is 4.79 Å². The Kier molecular flexibility index (Phi) is 5.23. The number of hydrogen-bond acceptors (Lipinski definition) is 4. The van der Waals surface area contributed by atoms with E-state index in [1.165, 1.54) is 11.3 Å². The average Bonchev–Trinajstić information content (AvgIpc) is 3.07. The molecule has 4 rings (SSSR count). The van der Waals surface area contributed by atoms with Crippen LogP contribution in [0.4, 0.5) is 0 Å². The van der Waals surface area contributed by atoms with E-state index < -0.39 is 0 Å². The molecule has 1 aromatic heterocycles. The molecule has 0 unspecified atom stereocenters. The Morgan fingerprint density at radius 2 is 1.86 bits per heavy atom. The monoisotopic (exact) mass is 392 g/mol. The second-order valence-electron chi connectivity index (χ2n) is 6.34. The zero-order valence-corrected chi connectivity index (χ0v) is 16.5. The third kappa shape index (κ3) is 3.56. The lowest BCUT2D eigenvalue weighted by molar-refractivity contribution is 0.0997. The van der Waals surface area contributed by atoms with Gasteiger partial charge in [0.05, 0.1) is 23.9 Å². The van der Waals surface area contributed by atoms with Gasteiger partial charge in [-0.2, -0.15) is 4.99 Å². The Balaban J connectivity index is 1.80. The molecule has 6 heteroatoms. The SMILES string of the molecule is COCCn1c(=NC(=O)c2ccc3ccccc3c2)sc2cc(OC)ccc21. The second kappa shape index (κ2) is 7.96. The first kappa shape index (κ1) is 18.4. The lowest BCUT2D eigenvalue weighted by Crippen LogP contribution is -2.19. The standard InChI is InChI=1S/C22H20N2O3S/c1-26-12-11-24-19-10-9-18(27-2)14-20(19)28-22(24)23-21(25)17-8-7-15-5-3-4-6-16(15)13-17/h3-10,13-14H,11-12H2,1-2H3. The summed E-state index contributed by atoms with van der Waals surface area (Å²) in [5, 5.41) is 2.13. The maximum absolute atomic E-state index is 12.9. The van der Waals surface area contributed by atoms with Gasteiger partial charge in [0, 0.05) is 19.2 Å². The fourth-order valence-electron chi connectivity index (χ4n) is 3.14. The number of hydrogen-bond donors (Lipinski definition) is 0. The Morgan fingerprint density at radius 3 is 2.64 bits per heavy atom. The molecule has 0 fully saturated rings. The van der Waals surface area contributed by atoms with Crippen LogP contribution in [0.3, 0.4) is 0 Å². The topological polar surface area (TPSA) is 52.8 Å². The number of benzene rings is 3. The molecule has 0 saturated heterocycles. The largest absolute Gasteiger partial charge is 0.497 e. The molecular formula is C22H20N2O3S. The van der Waals surface area contributed by atoms with Crippen molar-refractivity contribution in [2.75, 3.05) is 20.8 Å². The van der Waals surface area contributed by atoms with Gasteiger partial charge >= 0.3 is 0 Å². The van der Waals surface area contributed by atoms with E-state index in [4.69, 9.17) is 9.47 Å². The summed E-state index contributed by atoms with van der Waals surface area (Å²) in [6.07, 6.45) is 0. The van der Waals surface area contributed by atoms with Crippen LogP contribution in [-0.2, 0) is 11.3 Å². The minimum Gasteiger partial charge on any atom is -0.497 e. The van der Waals surface area contributed by atoms with Gasteiger partial charge in [-0.25, -0.2) is 0 Å². The van der Waals surface area contributed by atoms with Gasteiger partial charge in [0.25, 0.3) is 5.91 Å². The summed E-state index contributed by atoms with van der Waals surface area (Å²) in [4.78, 5) is 17.9. The van der Waals surface area contributed by atoms with E-state index >= 15 is 0 Å². The number of fused-ring (bicyclic) bond motifs is 2. The number of methoxy groups -OCH3 is 2. The molecule has 0 aliphatic rings. The minimum absolute atomic E-state index is 0.254. The van der Waals surface area contributed by atoms with E-state index in [1.54, 1.807) is 14.2 Å². The van der Waals surface area contributed by atoms with Crippen molar-refractivity contribution in [1.82, 2.24) is 4.57 Å². The van der Waals surface area contributed by atoms with Crippen LogP contribution in [0.15, 0.2) is 65.7 Å². The van der Waals surface area contributed by atoms with Crippen LogP contribution in [0.2, 0.25) is 0 Å². The summed E-state index contributed by atoms with van der Waals surface area (Å²) < 4.78 is 13.6. The lowest BCUT2D eigenvalue weighted by atomic mass is 10.1. The number of nitrogens with zero attached hydrogens (tertiary/aromatic N) is 2. The number of rotatable bonds is 5. The third-order valence-electron chi connectivity index (χ3n) is 4.60.